The van der Waals surface area contributed by atoms with Gasteiger partial charge in [-0.2, -0.15) is 0 Å². The van der Waals surface area contributed by atoms with Crippen molar-refractivity contribution in [3.63, 3.8) is 0 Å². The van der Waals surface area contributed by atoms with Crippen LogP contribution in [0.1, 0.15) is 106 Å². The van der Waals surface area contributed by atoms with Crippen molar-refractivity contribution < 1.29 is 23.9 Å². The molecule has 8 unspecified atom stereocenters. The summed E-state index contributed by atoms with van der Waals surface area (Å²) in [5, 5.41) is 0. The van der Waals surface area contributed by atoms with Crippen molar-refractivity contribution in [1.82, 2.24) is 0 Å². The van der Waals surface area contributed by atoms with Crippen molar-refractivity contribution in [3.05, 3.63) is 11.1 Å². The van der Waals surface area contributed by atoms with Gasteiger partial charge < -0.3 is 9.47 Å². The molecule has 5 rings (SSSR count). The van der Waals surface area contributed by atoms with Gasteiger partial charge in [0.25, 0.3) is 6.47 Å². The quantitative estimate of drug-likeness (QED) is 0.303. The summed E-state index contributed by atoms with van der Waals surface area (Å²) < 4.78 is 11.3. The molecule has 0 N–H and O–H groups in total. The number of hydrogen-bond acceptors (Lipinski definition) is 5. The molecular formula is C32H48O5. The lowest BCUT2D eigenvalue weighted by molar-refractivity contribution is -0.212. The van der Waals surface area contributed by atoms with Gasteiger partial charge in [0.15, 0.2) is 5.78 Å². The molecule has 5 nitrogen and oxygen atoms in total. The van der Waals surface area contributed by atoms with E-state index in [0.29, 0.717) is 43.2 Å². The normalized spacial score (nSPS) is 44.4. The van der Waals surface area contributed by atoms with Crippen LogP contribution in [-0.2, 0) is 23.9 Å². The van der Waals surface area contributed by atoms with Crippen molar-refractivity contribution >= 4 is 18.2 Å². The van der Waals surface area contributed by atoms with Gasteiger partial charge >= 0.3 is 5.97 Å². The fourth-order valence-corrected chi connectivity index (χ4v) is 11.2. The van der Waals surface area contributed by atoms with Crippen LogP contribution in [0.15, 0.2) is 11.1 Å². The molecule has 0 saturated heterocycles. The molecule has 0 bridgehead atoms. The number of rotatable bonds is 5. The molecule has 5 heteroatoms. The second-order valence-electron chi connectivity index (χ2n) is 14.7. The Balaban J connectivity index is 1.50. The molecule has 0 amide bonds. The molecule has 0 spiro atoms. The summed E-state index contributed by atoms with van der Waals surface area (Å²) >= 11 is 0. The zero-order chi connectivity index (χ0) is 27.0. The first kappa shape index (κ1) is 26.9. The molecule has 0 aliphatic heterocycles. The van der Waals surface area contributed by atoms with Crippen LogP contribution in [-0.4, -0.2) is 30.9 Å². The van der Waals surface area contributed by atoms with Crippen LogP contribution in [0.4, 0.5) is 0 Å². The monoisotopic (exact) mass is 512 g/mol. The summed E-state index contributed by atoms with van der Waals surface area (Å²) in [7, 11) is 0. The maximum Gasteiger partial charge on any atom is 0.302 e. The zero-order valence-electron chi connectivity index (χ0n) is 24.2. The number of allylic oxidation sites excluding steroid dienone is 1. The third-order valence-electron chi connectivity index (χ3n) is 12.4. The van der Waals surface area contributed by atoms with E-state index in [2.05, 4.69) is 41.5 Å². The fraction of sp³-hybridized carbons (Fsp3) is 0.844. The zero-order valence-corrected chi connectivity index (χ0v) is 24.2. The number of hydrogen-bond donors (Lipinski definition) is 0. The molecular weight excluding hydrogens is 464 g/mol. The van der Waals surface area contributed by atoms with Crippen molar-refractivity contribution in [2.24, 2.45) is 51.2 Å². The molecule has 4 fully saturated rings. The summed E-state index contributed by atoms with van der Waals surface area (Å²) in [6.45, 7) is 16.6. The Morgan fingerprint density at radius 1 is 0.973 bits per heavy atom. The molecule has 0 aromatic rings. The minimum atomic E-state index is -0.285. The van der Waals surface area contributed by atoms with Crippen LogP contribution in [0.2, 0.25) is 0 Å². The maximum atomic E-state index is 13.4. The first-order valence-electron chi connectivity index (χ1n) is 14.8. The lowest BCUT2D eigenvalue weighted by Crippen LogP contribution is -2.63. The standard InChI is InChI=1S/C32H48O5/c1-19(2)27-23(35)16-32(17-36-18-33)15-10-22-21(28(27)32)8-9-25-30(22,6)13-11-24-29(4,5)26(37-20(3)34)12-14-31(24,25)7/h18-19,21-22,24-26H,8-17H2,1-7H3. The third kappa shape index (κ3) is 3.79. The van der Waals surface area contributed by atoms with Crippen molar-refractivity contribution in [2.75, 3.05) is 6.61 Å². The third-order valence-corrected chi connectivity index (χ3v) is 12.4. The molecule has 8 atom stereocenters. The highest BCUT2D eigenvalue weighted by molar-refractivity contribution is 6.00. The highest BCUT2D eigenvalue weighted by Crippen LogP contribution is 2.73. The SMILES string of the molecule is CC(=O)OC1CCC2(C)C(CCC3(C)C4CCC5(COC=O)CC(=O)C(C(C)C)=C5C4CCC32)C1(C)C. The number of esters is 1. The van der Waals surface area contributed by atoms with Crippen LogP contribution in [0, 0.1) is 51.2 Å². The van der Waals surface area contributed by atoms with E-state index in [0.717, 1.165) is 37.7 Å². The first-order valence-corrected chi connectivity index (χ1v) is 14.8. The van der Waals surface area contributed by atoms with Gasteiger partial charge in [-0.05, 0) is 103 Å². The first-order chi connectivity index (χ1) is 17.3. The topological polar surface area (TPSA) is 69.7 Å². The molecule has 4 saturated carbocycles. The van der Waals surface area contributed by atoms with Gasteiger partial charge in [-0.15, -0.1) is 0 Å². The minimum absolute atomic E-state index is 0.000133. The lowest BCUT2D eigenvalue weighted by Gasteiger charge is -2.68. The van der Waals surface area contributed by atoms with Gasteiger partial charge in [0, 0.05) is 24.2 Å². The number of carbonyl (C=O) groups excluding carboxylic acids is 3. The summed E-state index contributed by atoms with van der Waals surface area (Å²) in [5.74, 6) is 2.49. The van der Waals surface area contributed by atoms with E-state index in [4.69, 9.17) is 9.47 Å². The maximum absolute atomic E-state index is 13.4. The minimum Gasteiger partial charge on any atom is -0.467 e. The van der Waals surface area contributed by atoms with Gasteiger partial charge in [0.1, 0.15) is 12.7 Å². The van der Waals surface area contributed by atoms with Crippen LogP contribution >= 0.6 is 0 Å². The van der Waals surface area contributed by atoms with E-state index in [-0.39, 0.29) is 45.4 Å². The van der Waals surface area contributed by atoms with Crippen molar-refractivity contribution in [2.45, 2.75) is 112 Å². The second-order valence-corrected chi connectivity index (χ2v) is 14.7. The molecule has 37 heavy (non-hydrogen) atoms. The Morgan fingerprint density at radius 2 is 1.68 bits per heavy atom. The van der Waals surface area contributed by atoms with Crippen LogP contribution < -0.4 is 0 Å². The van der Waals surface area contributed by atoms with Gasteiger partial charge in [-0.25, -0.2) is 0 Å². The fourth-order valence-electron chi connectivity index (χ4n) is 11.2. The number of ketones is 1. The number of Topliss-reactive ketones (excluding diaryl/α,β-unsaturated/α-hetero) is 1. The Labute approximate surface area is 223 Å². The van der Waals surface area contributed by atoms with Gasteiger partial charge in [-0.1, -0.05) is 41.5 Å². The predicted octanol–water partition coefficient (Wildman–Crippen LogP) is 6.68. The summed E-state index contributed by atoms with van der Waals surface area (Å²) in [5.41, 5.74) is 2.57. The number of fused-ring (bicyclic) bond motifs is 7. The Hall–Kier alpha value is -1.65. The molecule has 206 valence electrons. The largest absolute Gasteiger partial charge is 0.467 e. The smallest absolute Gasteiger partial charge is 0.302 e. The van der Waals surface area contributed by atoms with Crippen LogP contribution in [0.5, 0.6) is 0 Å². The molecule has 0 radical (unpaired) electrons. The van der Waals surface area contributed by atoms with E-state index < -0.39 is 0 Å². The summed E-state index contributed by atoms with van der Waals surface area (Å²) in [4.78, 5) is 36.4. The number of ether oxygens (including phenoxy) is 2. The van der Waals surface area contributed by atoms with Gasteiger partial charge in [-0.3, -0.25) is 14.4 Å². The average Bonchev–Trinajstić information content (AvgIpc) is 3.11. The van der Waals surface area contributed by atoms with Gasteiger partial charge in [0.05, 0.1) is 0 Å². The van der Waals surface area contributed by atoms with Crippen molar-refractivity contribution in [3.8, 4) is 0 Å². The Kier molecular flexibility index (Phi) is 6.51. The molecule has 0 aromatic heterocycles. The molecule has 5 aliphatic carbocycles. The van der Waals surface area contributed by atoms with E-state index >= 15 is 0 Å². The molecule has 5 aliphatic rings. The lowest BCUT2D eigenvalue weighted by atomic mass is 9.36. The van der Waals surface area contributed by atoms with Crippen molar-refractivity contribution in [1.29, 1.82) is 0 Å². The number of carbonyl (C=O) groups is 3. The van der Waals surface area contributed by atoms with Crippen LogP contribution in [0.3, 0.4) is 0 Å². The van der Waals surface area contributed by atoms with Crippen LogP contribution in [0.25, 0.3) is 0 Å². The molecule has 0 aromatic carbocycles. The second kappa shape index (κ2) is 8.95. The highest BCUT2D eigenvalue weighted by atomic mass is 16.5. The Bertz CT molecular complexity index is 1010. The average molecular weight is 513 g/mol. The van der Waals surface area contributed by atoms with E-state index in [1.54, 1.807) is 6.92 Å². The Morgan fingerprint density at radius 3 is 2.32 bits per heavy atom. The van der Waals surface area contributed by atoms with Gasteiger partial charge in [0.2, 0.25) is 0 Å². The summed E-state index contributed by atoms with van der Waals surface area (Å²) in [6, 6.07) is 0. The summed E-state index contributed by atoms with van der Waals surface area (Å²) in [6.07, 6.45) is 9.32. The van der Waals surface area contributed by atoms with E-state index in [1.807, 2.05) is 0 Å². The van der Waals surface area contributed by atoms with E-state index in [9.17, 15) is 14.4 Å². The highest BCUT2D eigenvalue weighted by Gasteiger charge is 2.66. The van der Waals surface area contributed by atoms with E-state index in [1.165, 1.54) is 24.8 Å². The molecule has 0 heterocycles. The predicted molar refractivity (Wildman–Crippen MR) is 142 cm³/mol.